The molecule has 3 heteroatoms. The van der Waals surface area contributed by atoms with E-state index in [-0.39, 0.29) is 11.4 Å². The van der Waals surface area contributed by atoms with Gasteiger partial charge in [-0.3, -0.25) is 4.90 Å². The van der Waals surface area contributed by atoms with E-state index in [1.807, 2.05) is 55.5 Å². The molecular formula is C19H24N2O. The Morgan fingerprint density at radius 1 is 1.00 bits per heavy atom. The predicted octanol–water partition coefficient (Wildman–Crippen LogP) is 4.20. The van der Waals surface area contributed by atoms with Crippen LogP contribution in [0.4, 0.5) is 10.5 Å². The van der Waals surface area contributed by atoms with Crippen molar-refractivity contribution in [2.75, 3.05) is 18.0 Å². The highest BCUT2D eigenvalue weighted by atomic mass is 16.2. The van der Waals surface area contributed by atoms with Gasteiger partial charge in [-0.05, 0) is 24.6 Å². The van der Waals surface area contributed by atoms with Crippen LogP contribution < -0.4 is 10.2 Å². The van der Waals surface area contributed by atoms with E-state index in [0.717, 1.165) is 5.69 Å². The van der Waals surface area contributed by atoms with Gasteiger partial charge in [-0.1, -0.05) is 62.4 Å². The summed E-state index contributed by atoms with van der Waals surface area (Å²) in [4.78, 5) is 14.2. The lowest BCUT2D eigenvalue weighted by molar-refractivity contribution is 0.244. The molecule has 0 fully saturated rings. The van der Waals surface area contributed by atoms with Crippen molar-refractivity contribution in [1.29, 1.82) is 0 Å². The predicted molar refractivity (Wildman–Crippen MR) is 92.3 cm³/mol. The molecule has 0 unspecified atom stereocenters. The zero-order chi connectivity index (χ0) is 16.0. The van der Waals surface area contributed by atoms with E-state index in [9.17, 15) is 4.79 Å². The van der Waals surface area contributed by atoms with Crippen LogP contribution in [0.2, 0.25) is 0 Å². The Labute approximate surface area is 133 Å². The Bertz CT molecular complexity index is 593. The quantitative estimate of drug-likeness (QED) is 0.881. The topological polar surface area (TPSA) is 32.3 Å². The molecule has 22 heavy (non-hydrogen) atoms. The number of nitrogens with one attached hydrogen (secondary N) is 1. The molecule has 2 amide bonds. The zero-order valence-corrected chi connectivity index (χ0v) is 13.5. The first-order valence-corrected chi connectivity index (χ1v) is 7.70. The van der Waals surface area contributed by atoms with Gasteiger partial charge < -0.3 is 5.32 Å². The fourth-order valence-corrected chi connectivity index (χ4v) is 2.43. The SMILES string of the molecule is CCN(C(=O)NCC(C)(C)c1ccccc1)c1ccccc1. The number of rotatable bonds is 5. The molecule has 0 aliphatic heterocycles. The highest BCUT2D eigenvalue weighted by molar-refractivity contribution is 5.91. The maximum Gasteiger partial charge on any atom is 0.321 e. The second kappa shape index (κ2) is 7.12. The van der Waals surface area contributed by atoms with Crippen LogP contribution in [0.5, 0.6) is 0 Å². The van der Waals surface area contributed by atoms with Gasteiger partial charge in [0.15, 0.2) is 0 Å². The minimum atomic E-state index is -0.104. The van der Waals surface area contributed by atoms with Gasteiger partial charge >= 0.3 is 6.03 Å². The average molecular weight is 296 g/mol. The zero-order valence-electron chi connectivity index (χ0n) is 13.5. The van der Waals surface area contributed by atoms with Crippen LogP contribution in [0.15, 0.2) is 60.7 Å². The number of hydrogen-bond donors (Lipinski definition) is 1. The average Bonchev–Trinajstić information content (AvgIpc) is 2.56. The Morgan fingerprint density at radius 2 is 1.55 bits per heavy atom. The standard InChI is InChI=1S/C19H24N2O/c1-4-21(17-13-9-6-10-14-17)18(22)20-15-19(2,3)16-11-7-5-8-12-16/h5-14H,4,15H2,1-3H3,(H,20,22). The van der Waals surface area contributed by atoms with E-state index >= 15 is 0 Å². The van der Waals surface area contributed by atoms with Crippen LogP contribution in [0.1, 0.15) is 26.3 Å². The van der Waals surface area contributed by atoms with Crippen molar-refractivity contribution in [2.24, 2.45) is 0 Å². The molecular weight excluding hydrogens is 272 g/mol. The third-order valence-corrected chi connectivity index (χ3v) is 3.87. The molecule has 0 saturated heterocycles. The molecule has 116 valence electrons. The van der Waals surface area contributed by atoms with Gasteiger partial charge in [0.25, 0.3) is 0 Å². The van der Waals surface area contributed by atoms with E-state index in [2.05, 4.69) is 31.3 Å². The molecule has 2 rings (SSSR count). The van der Waals surface area contributed by atoms with Gasteiger partial charge in [-0.25, -0.2) is 4.79 Å². The van der Waals surface area contributed by atoms with Crippen LogP contribution in [0.25, 0.3) is 0 Å². The minimum Gasteiger partial charge on any atom is -0.337 e. The molecule has 2 aromatic carbocycles. The normalized spacial score (nSPS) is 11.0. The number of anilines is 1. The van der Waals surface area contributed by atoms with Crippen molar-refractivity contribution >= 4 is 11.7 Å². The van der Waals surface area contributed by atoms with Crippen molar-refractivity contribution in [1.82, 2.24) is 5.32 Å². The number of urea groups is 1. The third kappa shape index (κ3) is 3.88. The molecule has 0 spiro atoms. The van der Waals surface area contributed by atoms with Gasteiger partial charge in [-0.2, -0.15) is 0 Å². The van der Waals surface area contributed by atoms with E-state index in [1.165, 1.54) is 5.56 Å². The molecule has 0 saturated carbocycles. The highest BCUT2D eigenvalue weighted by Gasteiger charge is 2.22. The molecule has 0 aliphatic rings. The molecule has 0 atom stereocenters. The maximum absolute atomic E-state index is 12.5. The monoisotopic (exact) mass is 296 g/mol. The second-order valence-corrected chi connectivity index (χ2v) is 5.99. The molecule has 0 heterocycles. The number of nitrogens with zero attached hydrogens (tertiary/aromatic N) is 1. The van der Waals surface area contributed by atoms with E-state index < -0.39 is 0 Å². The third-order valence-electron chi connectivity index (χ3n) is 3.87. The highest BCUT2D eigenvalue weighted by Crippen LogP contribution is 2.22. The Hall–Kier alpha value is -2.29. The summed E-state index contributed by atoms with van der Waals surface area (Å²) in [5, 5.41) is 3.06. The summed E-state index contributed by atoms with van der Waals surface area (Å²) >= 11 is 0. The summed E-state index contributed by atoms with van der Waals surface area (Å²) in [7, 11) is 0. The van der Waals surface area contributed by atoms with Gasteiger partial charge in [0, 0.05) is 24.2 Å². The van der Waals surface area contributed by atoms with Crippen molar-refractivity contribution in [2.45, 2.75) is 26.2 Å². The van der Waals surface area contributed by atoms with Gasteiger partial charge in [-0.15, -0.1) is 0 Å². The molecule has 0 aliphatic carbocycles. The van der Waals surface area contributed by atoms with Gasteiger partial charge in [0.1, 0.15) is 0 Å². The van der Waals surface area contributed by atoms with E-state index in [1.54, 1.807) is 4.90 Å². The summed E-state index contributed by atoms with van der Waals surface area (Å²) < 4.78 is 0. The van der Waals surface area contributed by atoms with Gasteiger partial charge in [0.2, 0.25) is 0 Å². The maximum atomic E-state index is 12.5. The second-order valence-electron chi connectivity index (χ2n) is 5.99. The summed E-state index contributed by atoms with van der Waals surface area (Å²) in [6.07, 6.45) is 0. The van der Waals surface area contributed by atoms with Crippen molar-refractivity contribution in [3.63, 3.8) is 0 Å². The first-order chi connectivity index (χ1) is 10.5. The summed E-state index contributed by atoms with van der Waals surface area (Å²) in [6.45, 7) is 7.50. The lowest BCUT2D eigenvalue weighted by Gasteiger charge is -2.28. The van der Waals surface area contributed by atoms with E-state index in [4.69, 9.17) is 0 Å². The van der Waals surface area contributed by atoms with Crippen molar-refractivity contribution < 1.29 is 4.79 Å². The number of carbonyl (C=O) groups is 1. The summed E-state index contributed by atoms with van der Waals surface area (Å²) in [5.41, 5.74) is 2.03. The largest absolute Gasteiger partial charge is 0.337 e. The molecule has 3 nitrogen and oxygen atoms in total. The first kappa shape index (κ1) is 16.1. The van der Waals surface area contributed by atoms with Crippen molar-refractivity contribution in [3.05, 3.63) is 66.2 Å². The van der Waals surface area contributed by atoms with Crippen LogP contribution in [0.3, 0.4) is 0 Å². The lowest BCUT2D eigenvalue weighted by Crippen LogP contribution is -2.44. The molecule has 2 aromatic rings. The molecule has 0 bridgehead atoms. The fraction of sp³-hybridized carbons (Fsp3) is 0.316. The Balaban J connectivity index is 2.02. The first-order valence-electron chi connectivity index (χ1n) is 7.70. The molecule has 0 radical (unpaired) electrons. The van der Waals surface area contributed by atoms with E-state index in [0.29, 0.717) is 13.1 Å². The summed E-state index contributed by atoms with van der Waals surface area (Å²) in [6, 6.07) is 19.9. The Morgan fingerprint density at radius 3 is 2.09 bits per heavy atom. The van der Waals surface area contributed by atoms with Crippen LogP contribution >= 0.6 is 0 Å². The minimum absolute atomic E-state index is 0.0577. The lowest BCUT2D eigenvalue weighted by atomic mass is 9.85. The Kier molecular flexibility index (Phi) is 5.21. The van der Waals surface area contributed by atoms with Crippen LogP contribution in [-0.4, -0.2) is 19.1 Å². The number of carbonyl (C=O) groups excluding carboxylic acids is 1. The smallest absolute Gasteiger partial charge is 0.321 e. The molecule has 1 N–H and O–H groups in total. The number of benzene rings is 2. The number of para-hydroxylation sites is 1. The number of amides is 2. The van der Waals surface area contributed by atoms with Crippen LogP contribution in [-0.2, 0) is 5.41 Å². The van der Waals surface area contributed by atoms with Gasteiger partial charge in [0.05, 0.1) is 0 Å². The molecule has 0 aromatic heterocycles. The van der Waals surface area contributed by atoms with Crippen molar-refractivity contribution in [3.8, 4) is 0 Å². The van der Waals surface area contributed by atoms with Crippen LogP contribution in [0, 0.1) is 0 Å². The fourth-order valence-electron chi connectivity index (χ4n) is 2.43. The number of hydrogen-bond acceptors (Lipinski definition) is 1. The summed E-state index contributed by atoms with van der Waals surface area (Å²) in [5.74, 6) is 0.